The van der Waals surface area contributed by atoms with E-state index >= 15 is 0 Å². The first-order chi connectivity index (χ1) is 12.0. The minimum Gasteiger partial charge on any atom is -0.477 e. The number of carboxylic acids is 1. The number of aromatic amines is 1. The van der Waals surface area contributed by atoms with Crippen LogP contribution in [0.15, 0.2) is 17.1 Å². The number of carboxylic acid groups (broad SMARTS) is 1. The molecule has 2 aromatic rings. The molecule has 1 atom stereocenters. The Morgan fingerprint density at radius 2 is 2.40 bits per heavy atom. The van der Waals surface area contributed by atoms with Crippen LogP contribution in [0.3, 0.4) is 0 Å². The van der Waals surface area contributed by atoms with Crippen LogP contribution in [-0.4, -0.2) is 60.4 Å². The van der Waals surface area contributed by atoms with Crippen molar-refractivity contribution in [3.63, 3.8) is 0 Å². The molecule has 3 rings (SSSR count). The van der Waals surface area contributed by atoms with Crippen molar-refractivity contribution in [2.24, 2.45) is 0 Å². The number of H-pyrrole nitrogens is 1. The van der Waals surface area contributed by atoms with E-state index in [1.54, 1.807) is 7.11 Å². The maximum absolute atomic E-state index is 14.5. The predicted molar refractivity (Wildman–Crippen MR) is 89.8 cm³/mol. The van der Waals surface area contributed by atoms with E-state index in [-0.39, 0.29) is 22.9 Å². The number of aromatic carboxylic acids is 1. The lowest BCUT2D eigenvalue weighted by atomic mass is 10.2. The smallest absolute Gasteiger partial charge is 0.341 e. The average Bonchev–Trinajstić information content (AvgIpc) is 3.04. The summed E-state index contributed by atoms with van der Waals surface area (Å²) in [7, 11) is 1.63. The summed E-state index contributed by atoms with van der Waals surface area (Å²) in [5, 5.41) is 12.2. The van der Waals surface area contributed by atoms with Crippen molar-refractivity contribution >= 4 is 22.8 Å². The number of aromatic nitrogens is 2. The van der Waals surface area contributed by atoms with Gasteiger partial charge in [0.15, 0.2) is 11.6 Å². The molecule has 2 aromatic heterocycles. The monoisotopic (exact) mass is 350 g/mol. The van der Waals surface area contributed by atoms with Crippen molar-refractivity contribution < 1.29 is 19.0 Å². The van der Waals surface area contributed by atoms with Crippen molar-refractivity contribution in [2.45, 2.75) is 12.5 Å². The van der Waals surface area contributed by atoms with Crippen LogP contribution in [0.1, 0.15) is 16.8 Å². The fraction of sp³-hybridized carbons (Fsp3) is 0.438. The highest BCUT2D eigenvalue weighted by Gasteiger charge is 2.26. The van der Waals surface area contributed by atoms with Crippen LogP contribution in [0.4, 0.5) is 10.2 Å². The number of nitrogens with one attached hydrogen (secondary N) is 2. The molecule has 1 unspecified atom stereocenters. The Labute approximate surface area is 142 Å². The normalized spacial score (nSPS) is 17.4. The zero-order valence-electron chi connectivity index (χ0n) is 13.7. The first kappa shape index (κ1) is 17.3. The molecule has 0 aliphatic carbocycles. The summed E-state index contributed by atoms with van der Waals surface area (Å²) in [4.78, 5) is 31.8. The number of methoxy groups -OCH3 is 1. The Hall–Kier alpha value is -2.52. The number of halogens is 1. The SMILES string of the molecule is COCCNC1CCN(c2nc3[nH]cc(C(=O)O)c(=O)c3cc2F)C1. The number of ether oxygens (including phenoxy) is 1. The molecule has 3 heterocycles. The molecule has 1 saturated heterocycles. The van der Waals surface area contributed by atoms with Gasteiger partial charge in [0.1, 0.15) is 11.2 Å². The van der Waals surface area contributed by atoms with Crippen LogP contribution in [-0.2, 0) is 4.74 Å². The number of nitrogens with zero attached hydrogens (tertiary/aromatic N) is 2. The first-order valence-corrected chi connectivity index (χ1v) is 7.93. The van der Waals surface area contributed by atoms with Gasteiger partial charge in [-0.3, -0.25) is 4.79 Å². The van der Waals surface area contributed by atoms with Gasteiger partial charge in [-0.25, -0.2) is 14.2 Å². The Balaban J connectivity index is 1.86. The topological polar surface area (TPSA) is 108 Å². The van der Waals surface area contributed by atoms with Gasteiger partial charge in [-0.15, -0.1) is 0 Å². The van der Waals surface area contributed by atoms with Crippen LogP contribution in [0.5, 0.6) is 0 Å². The van der Waals surface area contributed by atoms with Gasteiger partial charge in [-0.1, -0.05) is 0 Å². The summed E-state index contributed by atoms with van der Waals surface area (Å²) in [6.07, 6.45) is 1.93. The largest absolute Gasteiger partial charge is 0.477 e. The second-order valence-corrected chi connectivity index (χ2v) is 5.91. The molecule has 0 radical (unpaired) electrons. The van der Waals surface area contributed by atoms with Crippen LogP contribution in [0.2, 0.25) is 0 Å². The van der Waals surface area contributed by atoms with E-state index in [2.05, 4.69) is 15.3 Å². The van der Waals surface area contributed by atoms with Crippen LogP contribution in [0, 0.1) is 5.82 Å². The van der Waals surface area contributed by atoms with Gasteiger partial charge < -0.3 is 25.0 Å². The molecule has 0 saturated carbocycles. The third-order valence-corrected chi connectivity index (χ3v) is 4.26. The first-order valence-electron chi connectivity index (χ1n) is 7.93. The molecule has 1 aliphatic heterocycles. The van der Waals surface area contributed by atoms with Crippen molar-refractivity contribution in [3.05, 3.63) is 33.9 Å². The second kappa shape index (κ2) is 7.16. The van der Waals surface area contributed by atoms with E-state index < -0.39 is 22.8 Å². The zero-order chi connectivity index (χ0) is 18.0. The Bertz CT molecular complexity index is 854. The lowest BCUT2D eigenvalue weighted by Gasteiger charge is -2.19. The number of carbonyl (C=O) groups is 1. The van der Waals surface area contributed by atoms with Crippen LogP contribution >= 0.6 is 0 Å². The molecule has 1 aliphatic rings. The predicted octanol–water partition coefficient (Wildman–Crippen LogP) is 0.575. The van der Waals surface area contributed by atoms with Crippen molar-refractivity contribution in [1.82, 2.24) is 15.3 Å². The highest BCUT2D eigenvalue weighted by Crippen LogP contribution is 2.23. The Morgan fingerprint density at radius 1 is 1.60 bits per heavy atom. The summed E-state index contributed by atoms with van der Waals surface area (Å²) in [5.74, 6) is -1.85. The number of pyridine rings is 2. The van der Waals surface area contributed by atoms with Crippen molar-refractivity contribution in [1.29, 1.82) is 0 Å². The van der Waals surface area contributed by atoms with Crippen LogP contribution < -0.4 is 15.6 Å². The maximum atomic E-state index is 14.5. The van der Waals surface area contributed by atoms with Gasteiger partial charge >= 0.3 is 5.97 Å². The van der Waals surface area contributed by atoms with Crippen molar-refractivity contribution in [2.75, 3.05) is 38.3 Å². The number of hydrogen-bond acceptors (Lipinski definition) is 6. The minimum absolute atomic E-state index is 0.0740. The third kappa shape index (κ3) is 3.47. The zero-order valence-corrected chi connectivity index (χ0v) is 13.7. The molecule has 134 valence electrons. The molecule has 0 aromatic carbocycles. The fourth-order valence-electron chi connectivity index (χ4n) is 2.98. The number of hydrogen-bond donors (Lipinski definition) is 3. The standard InChI is InChI=1S/C16H19FN4O4/c1-25-5-3-18-9-2-4-21(8-9)15-12(17)6-10-13(22)11(16(23)24)7-19-14(10)20-15/h6-7,9,18H,2-5,8H2,1H3,(H,23,24)(H,19,20,22). The van der Waals surface area contributed by atoms with E-state index in [4.69, 9.17) is 9.84 Å². The number of anilines is 1. The molecule has 8 nitrogen and oxygen atoms in total. The van der Waals surface area contributed by atoms with E-state index in [9.17, 15) is 14.0 Å². The summed E-state index contributed by atoms with van der Waals surface area (Å²) < 4.78 is 19.5. The van der Waals surface area contributed by atoms with Crippen LogP contribution in [0.25, 0.3) is 11.0 Å². The Kier molecular flexibility index (Phi) is 4.95. The van der Waals surface area contributed by atoms with Gasteiger partial charge in [-0.2, -0.15) is 0 Å². The maximum Gasteiger partial charge on any atom is 0.341 e. The number of rotatable bonds is 6. The molecule has 0 bridgehead atoms. The molecular weight excluding hydrogens is 331 g/mol. The molecule has 25 heavy (non-hydrogen) atoms. The quantitative estimate of drug-likeness (QED) is 0.654. The average molecular weight is 350 g/mol. The van der Waals surface area contributed by atoms with Gasteiger partial charge in [0, 0.05) is 39.0 Å². The van der Waals surface area contributed by atoms with Gasteiger partial charge in [0.05, 0.1) is 12.0 Å². The molecule has 0 amide bonds. The molecule has 1 fully saturated rings. The van der Waals surface area contributed by atoms with E-state index in [0.717, 1.165) is 18.7 Å². The molecule has 3 N–H and O–H groups in total. The van der Waals surface area contributed by atoms with Gasteiger partial charge in [0.2, 0.25) is 5.43 Å². The third-order valence-electron chi connectivity index (χ3n) is 4.26. The minimum atomic E-state index is -1.36. The summed E-state index contributed by atoms with van der Waals surface area (Å²) in [5.41, 5.74) is -1.02. The van der Waals surface area contributed by atoms with Gasteiger partial charge in [-0.05, 0) is 12.5 Å². The van der Waals surface area contributed by atoms with Crippen molar-refractivity contribution in [3.8, 4) is 0 Å². The summed E-state index contributed by atoms with van der Waals surface area (Å²) in [6, 6.07) is 1.26. The molecule has 0 spiro atoms. The second-order valence-electron chi connectivity index (χ2n) is 5.91. The highest BCUT2D eigenvalue weighted by atomic mass is 19.1. The van der Waals surface area contributed by atoms with Gasteiger partial charge in [0.25, 0.3) is 0 Å². The fourth-order valence-corrected chi connectivity index (χ4v) is 2.98. The molecular formula is C16H19FN4O4. The Morgan fingerprint density at radius 3 is 3.12 bits per heavy atom. The van der Waals surface area contributed by atoms with E-state index in [1.165, 1.54) is 0 Å². The lowest BCUT2D eigenvalue weighted by Crippen LogP contribution is -2.35. The number of fused-ring (bicyclic) bond motifs is 1. The molecule has 9 heteroatoms. The summed E-state index contributed by atoms with van der Waals surface area (Å²) in [6.45, 7) is 2.55. The van der Waals surface area contributed by atoms with E-state index in [0.29, 0.717) is 26.2 Å². The highest BCUT2D eigenvalue weighted by molar-refractivity contribution is 5.91. The van der Waals surface area contributed by atoms with E-state index in [1.807, 2.05) is 4.90 Å². The summed E-state index contributed by atoms with van der Waals surface area (Å²) >= 11 is 0. The lowest BCUT2D eigenvalue weighted by molar-refractivity contribution is 0.0695.